The van der Waals surface area contributed by atoms with E-state index in [1.54, 1.807) is 6.92 Å². The summed E-state index contributed by atoms with van der Waals surface area (Å²) < 4.78 is 2.55. The standard InChI is InChI=1S/C13H16N4O4S/c1-3-4-5-17-8-10(16(2)13(21)15-12(8)20)14-11(17)9(19)7(18)6-22/h7,9,18-19,22H,5-6H2,1-2H3,(H,15,20,21). The average Bonchev–Trinajstić information content (AvgIpc) is 2.89. The molecule has 2 unspecified atom stereocenters. The van der Waals surface area contributed by atoms with Crippen molar-refractivity contribution in [3.63, 3.8) is 0 Å². The van der Waals surface area contributed by atoms with Crippen LogP contribution in [0.3, 0.4) is 0 Å². The molecule has 0 aliphatic heterocycles. The number of rotatable bonds is 4. The van der Waals surface area contributed by atoms with E-state index in [0.29, 0.717) is 0 Å². The summed E-state index contributed by atoms with van der Waals surface area (Å²) in [5.41, 5.74) is -1.00. The van der Waals surface area contributed by atoms with Gasteiger partial charge in [0.05, 0.1) is 12.6 Å². The molecule has 118 valence electrons. The summed E-state index contributed by atoms with van der Waals surface area (Å²) >= 11 is 3.93. The van der Waals surface area contributed by atoms with Gasteiger partial charge in [0.1, 0.15) is 11.9 Å². The molecule has 3 N–H and O–H groups in total. The smallest absolute Gasteiger partial charge is 0.329 e. The van der Waals surface area contributed by atoms with Crippen molar-refractivity contribution in [3.05, 3.63) is 26.7 Å². The van der Waals surface area contributed by atoms with Crippen molar-refractivity contribution < 1.29 is 10.2 Å². The van der Waals surface area contributed by atoms with Crippen molar-refractivity contribution in [1.29, 1.82) is 0 Å². The maximum atomic E-state index is 12.1. The summed E-state index contributed by atoms with van der Waals surface area (Å²) in [7, 11) is 1.45. The molecule has 0 aliphatic rings. The SMILES string of the molecule is CC#CCn1c(C(O)C(O)CS)nc2c1c(=O)[nH]c(=O)n2C. The first kappa shape index (κ1) is 16.4. The van der Waals surface area contributed by atoms with E-state index < -0.39 is 23.5 Å². The monoisotopic (exact) mass is 324 g/mol. The number of H-pyrrole nitrogens is 1. The summed E-state index contributed by atoms with van der Waals surface area (Å²) in [5, 5.41) is 20.0. The van der Waals surface area contributed by atoms with Gasteiger partial charge < -0.3 is 14.8 Å². The first-order chi connectivity index (χ1) is 10.4. The fourth-order valence-electron chi connectivity index (χ4n) is 2.07. The normalized spacial score (nSPS) is 13.7. The molecule has 2 rings (SSSR count). The maximum Gasteiger partial charge on any atom is 0.329 e. The number of aromatic amines is 1. The van der Waals surface area contributed by atoms with Gasteiger partial charge in [-0.1, -0.05) is 5.92 Å². The van der Waals surface area contributed by atoms with Gasteiger partial charge in [0.25, 0.3) is 5.56 Å². The number of thiol groups is 1. The number of nitrogens with zero attached hydrogens (tertiary/aromatic N) is 3. The van der Waals surface area contributed by atoms with E-state index in [1.807, 2.05) is 0 Å². The van der Waals surface area contributed by atoms with Crippen LogP contribution in [0.4, 0.5) is 0 Å². The van der Waals surface area contributed by atoms with Crippen molar-refractivity contribution in [1.82, 2.24) is 19.1 Å². The fourth-order valence-corrected chi connectivity index (χ4v) is 2.27. The van der Waals surface area contributed by atoms with Crippen LogP contribution in [0.1, 0.15) is 18.9 Å². The Balaban J connectivity index is 2.82. The second-order valence-electron chi connectivity index (χ2n) is 4.67. The minimum absolute atomic E-state index is 0.0130. The molecule has 22 heavy (non-hydrogen) atoms. The van der Waals surface area contributed by atoms with Crippen LogP contribution in [0.5, 0.6) is 0 Å². The third-order valence-electron chi connectivity index (χ3n) is 3.27. The number of nitrogens with one attached hydrogen (secondary N) is 1. The molecule has 8 nitrogen and oxygen atoms in total. The molecular formula is C13H16N4O4S. The van der Waals surface area contributed by atoms with Gasteiger partial charge >= 0.3 is 5.69 Å². The van der Waals surface area contributed by atoms with E-state index in [1.165, 1.54) is 11.6 Å². The molecule has 2 aromatic rings. The lowest BCUT2D eigenvalue weighted by Crippen LogP contribution is -2.29. The van der Waals surface area contributed by atoms with E-state index >= 15 is 0 Å². The second kappa shape index (κ2) is 6.39. The summed E-state index contributed by atoms with van der Waals surface area (Å²) in [5.74, 6) is 5.54. The minimum Gasteiger partial charge on any atom is -0.389 e. The molecule has 0 bridgehead atoms. The molecule has 2 atom stereocenters. The average molecular weight is 324 g/mol. The number of hydrogen-bond acceptors (Lipinski definition) is 6. The quantitative estimate of drug-likeness (QED) is 0.415. The Morgan fingerprint density at radius 1 is 1.41 bits per heavy atom. The number of hydrogen-bond donors (Lipinski definition) is 4. The lowest BCUT2D eigenvalue weighted by molar-refractivity contribution is 0.0264. The third kappa shape index (κ3) is 2.68. The number of fused-ring (bicyclic) bond motifs is 1. The Kier molecular flexibility index (Phi) is 4.75. The minimum atomic E-state index is -1.35. The Bertz CT molecular complexity index is 870. The summed E-state index contributed by atoms with van der Waals surface area (Å²) in [4.78, 5) is 30.1. The fraction of sp³-hybridized carbons (Fsp3) is 0.462. The summed E-state index contributed by atoms with van der Waals surface area (Å²) in [6.45, 7) is 1.73. The summed E-state index contributed by atoms with van der Waals surface area (Å²) in [6.07, 6.45) is -2.51. The zero-order chi connectivity index (χ0) is 16.4. The van der Waals surface area contributed by atoms with Crippen LogP contribution >= 0.6 is 12.6 Å². The van der Waals surface area contributed by atoms with E-state index in [4.69, 9.17) is 0 Å². The highest BCUT2D eigenvalue weighted by molar-refractivity contribution is 7.80. The number of imidazole rings is 1. The van der Waals surface area contributed by atoms with Crippen molar-refractivity contribution in [2.24, 2.45) is 7.05 Å². The van der Waals surface area contributed by atoms with Crippen LogP contribution in [0.2, 0.25) is 0 Å². The molecule has 0 aromatic carbocycles. The van der Waals surface area contributed by atoms with Crippen molar-refractivity contribution in [2.45, 2.75) is 25.7 Å². The van der Waals surface area contributed by atoms with Gasteiger partial charge in [0, 0.05) is 12.8 Å². The molecule has 0 fully saturated rings. The molecule has 0 amide bonds. The second-order valence-corrected chi connectivity index (χ2v) is 5.03. The topological polar surface area (TPSA) is 113 Å². The molecular weight excluding hydrogens is 308 g/mol. The Morgan fingerprint density at radius 3 is 2.68 bits per heavy atom. The first-order valence-corrected chi connectivity index (χ1v) is 7.11. The van der Waals surface area contributed by atoms with Crippen LogP contribution in [0.25, 0.3) is 11.2 Å². The van der Waals surface area contributed by atoms with Gasteiger partial charge in [-0.3, -0.25) is 14.3 Å². The highest BCUT2D eigenvalue weighted by atomic mass is 32.1. The van der Waals surface area contributed by atoms with Crippen LogP contribution < -0.4 is 11.2 Å². The van der Waals surface area contributed by atoms with Gasteiger partial charge in [-0.25, -0.2) is 9.78 Å². The van der Waals surface area contributed by atoms with Crippen LogP contribution in [-0.2, 0) is 13.6 Å². The Hall–Kier alpha value is -2.02. The number of aryl methyl sites for hydroxylation is 1. The van der Waals surface area contributed by atoms with Gasteiger partial charge in [0.2, 0.25) is 0 Å². The highest BCUT2D eigenvalue weighted by Crippen LogP contribution is 2.20. The van der Waals surface area contributed by atoms with Crippen LogP contribution in [0, 0.1) is 11.8 Å². The van der Waals surface area contributed by atoms with Gasteiger partial charge in [-0.2, -0.15) is 12.6 Å². The zero-order valence-electron chi connectivity index (χ0n) is 12.1. The number of aliphatic hydroxyl groups excluding tert-OH is 2. The lowest BCUT2D eigenvalue weighted by atomic mass is 10.2. The third-order valence-corrected chi connectivity index (χ3v) is 3.64. The predicted octanol–water partition coefficient (Wildman–Crippen LogP) is -1.23. The van der Waals surface area contributed by atoms with E-state index in [2.05, 4.69) is 34.4 Å². The molecule has 0 radical (unpaired) electrons. The molecule has 9 heteroatoms. The van der Waals surface area contributed by atoms with Gasteiger partial charge in [-0.05, 0) is 6.92 Å². The maximum absolute atomic E-state index is 12.1. The molecule has 0 aliphatic carbocycles. The predicted molar refractivity (Wildman–Crippen MR) is 83.9 cm³/mol. The summed E-state index contributed by atoms with van der Waals surface area (Å²) in [6, 6.07) is 0. The lowest BCUT2D eigenvalue weighted by Gasteiger charge is -2.16. The van der Waals surface area contributed by atoms with Crippen molar-refractivity contribution in [2.75, 3.05) is 5.75 Å². The Labute approximate surface area is 130 Å². The van der Waals surface area contributed by atoms with Crippen LogP contribution in [-0.4, -0.2) is 41.2 Å². The number of aliphatic hydroxyl groups is 2. The van der Waals surface area contributed by atoms with E-state index in [0.717, 1.165) is 4.57 Å². The largest absolute Gasteiger partial charge is 0.389 e. The molecule has 0 spiro atoms. The van der Waals surface area contributed by atoms with Crippen molar-refractivity contribution in [3.8, 4) is 11.8 Å². The van der Waals surface area contributed by atoms with E-state index in [9.17, 15) is 19.8 Å². The van der Waals surface area contributed by atoms with Crippen molar-refractivity contribution >= 4 is 23.8 Å². The first-order valence-electron chi connectivity index (χ1n) is 6.48. The molecule has 0 saturated heterocycles. The highest BCUT2D eigenvalue weighted by Gasteiger charge is 2.26. The number of aromatic nitrogens is 4. The Morgan fingerprint density at radius 2 is 2.09 bits per heavy atom. The van der Waals surface area contributed by atoms with Crippen LogP contribution in [0.15, 0.2) is 9.59 Å². The van der Waals surface area contributed by atoms with E-state index in [-0.39, 0.29) is 29.3 Å². The van der Waals surface area contributed by atoms with Gasteiger partial charge in [-0.15, -0.1) is 5.92 Å². The zero-order valence-corrected chi connectivity index (χ0v) is 13.0. The van der Waals surface area contributed by atoms with Gasteiger partial charge in [0.15, 0.2) is 11.2 Å². The molecule has 0 saturated carbocycles. The molecule has 2 aromatic heterocycles. The molecule has 2 heterocycles.